The van der Waals surface area contributed by atoms with E-state index in [1.54, 1.807) is 11.6 Å². The summed E-state index contributed by atoms with van der Waals surface area (Å²) in [5.41, 5.74) is 7.15. The molecule has 1 aromatic heterocycles. The molecule has 0 bridgehead atoms. The fourth-order valence-corrected chi connectivity index (χ4v) is 2.59. The summed E-state index contributed by atoms with van der Waals surface area (Å²) >= 11 is 1.16. The third kappa shape index (κ3) is 2.33. The summed E-state index contributed by atoms with van der Waals surface area (Å²) in [6.07, 6.45) is 0. The van der Waals surface area contributed by atoms with Crippen molar-refractivity contribution in [2.24, 2.45) is 0 Å². The van der Waals surface area contributed by atoms with Crippen molar-refractivity contribution in [3.05, 3.63) is 35.5 Å². The lowest BCUT2D eigenvalue weighted by molar-refractivity contribution is 0.564. The Balaban J connectivity index is 2.39. The van der Waals surface area contributed by atoms with E-state index in [-0.39, 0.29) is 0 Å². The van der Waals surface area contributed by atoms with Gasteiger partial charge >= 0.3 is 0 Å². The zero-order chi connectivity index (χ0) is 13.3. The highest BCUT2D eigenvalue weighted by Crippen LogP contribution is 2.35. The maximum atomic E-state index is 13.6. The molecule has 18 heavy (non-hydrogen) atoms. The molecule has 1 aromatic carbocycles. The van der Waals surface area contributed by atoms with Crippen LogP contribution in [-0.2, 0) is 6.54 Å². The number of nitrogens with zero attached hydrogens (tertiary/aromatic N) is 2. The van der Waals surface area contributed by atoms with Crippen LogP contribution < -0.4 is 5.73 Å². The molecule has 0 fully saturated rings. The zero-order valence-corrected chi connectivity index (χ0v) is 10.9. The van der Waals surface area contributed by atoms with Gasteiger partial charge < -0.3 is 5.73 Å². The summed E-state index contributed by atoms with van der Waals surface area (Å²) in [4.78, 5) is 0.331. The van der Waals surface area contributed by atoms with E-state index in [9.17, 15) is 8.78 Å². The second-order valence-electron chi connectivity index (χ2n) is 3.80. The molecule has 0 amide bonds. The van der Waals surface area contributed by atoms with Crippen molar-refractivity contribution < 1.29 is 8.78 Å². The SMILES string of the molecule is CCn1nc(C)c(N)c1Sc1ccc(F)cc1F. The fourth-order valence-electron chi connectivity index (χ4n) is 1.56. The van der Waals surface area contributed by atoms with Gasteiger partial charge in [0, 0.05) is 17.5 Å². The Bertz CT molecular complexity index is 581. The van der Waals surface area contributed by atoms with E-state index in [0.29, 0.717) is 27.8 Å². The lowest BCUT2D eigenvalue weighted by atomic mass is 10.3. The van der Waals surface area contributed by atoms with Gasteiger partial charge in [0.15, 0.2) is 0 Å². The van der Waals surface area contributed by atoms with Gasteiger partial charge in [0.1, 0.15) is 16.7 Å². The molecule has 2 aromatic rings. The number of aryl methyl sites for hydroxylation is 2. The Labute approximate surface area is 108 Å². The quantitative estimate of drug-likeness (QED) is 0.930. The first-order valence-corrected chi connectivity index (χ1v) is 6.30. The van der Waals surface area contributed by atoms with Crippen LogP contribution in [0.1, 0.15) is 12.6 Å². The third-order valence-electron chi connectivity index (χ3n) is 2.53. The van der Waals surface area contributed by atoms with E-state index >= 15 is 0 Å². The molecule has 0 aliphatic heterocycles. The van der Waals surface area contributed by atoms with E-state index in [1.165, 1.54) is 12.1 Å². The molecule has 0 spiro atoms. The Morgan fingerprint density at radius 2 is 2.11 bits per heavy atom. The molecule has 6 heteroatoms. The fraction of sp³-hybridized carbons (Fsp3) is 0.250. The molecule has 0 unspecified atom stereocenters. The lowest BCUT2D eigenvalue weighted by Crippen LogP contribution is -1.99. The maximum absolute atomic E-state index is 13.6. The number of anilines is 1. The van der Waals surface area contributed by atoms with Gasteiger partial charge in [0.25, 0.3) is 0 Å². The van der Waals surface area contributed by atoms with Crippen molar-refractivity contribution in [2.45, 2.75) is 30.3 Å². The van der Waals surface area contributed by atoms with Crippen molar-refractivity contribution in [1.29, 1.82) is 0 Å². The molecule has 0 aliphatic carbocycles. The molecule has 0 atom stereocenters. The van der Waals surface area contributed by atoms with Gasteiger partial charge in [-0.2, -0.15) is 5.10 Å². The van der Waals surface area contributed by atoms with Gasteiger partial charge in [-0.25, -0.2) is 8.78 Å². The smallest absolute Gasteiger partial charge is 0.140 e. The van der Waals surface area contributed by atoms with Crippen LogP contribution >= 0.6 is 11.8 Å². The second-order valence-corrected chi connectivity index (χ2v) is 4.83. The zero-order valence-electron chi connectivity index (χ0n) is 10.1. The molecule has 0 aliphatic rings. The predicted octanol–water partition coefficient (Wildman–Crippen LogP) is 3.22. The summed E-state index contributed by atoms with van der Waals surface area (Å²) in [6.45, 7) is 4.37. The van der Waals surface area contributed by atoms with E-state index in [2.05, 4.69) is 5.10 Å². The van der Waals surface area contributed by atoms with Crippen LogP contribution in [0.4, 0.5) is 14.5 Å². The number of rotatable bonds is 3. The molecule has 1 heterocycles. The third-order valence-corrected chi connectivity index (χ3v) is 3.70. The average molecular weight is 269 g/mol. The topological polar surface area (TPSA) is 43.8 Å². The van der Waals surface area contributed by atoms with Crippen LogP contribution in [0.2, 0.25) is 0 Å². The van der Waals surface area contributed by atoms with Crippen molar-refractivity contribution >= 4 is 17.4 Å². The molecule has 0 radical (unpaired) electrons. The van der Waals surface area contributed by atoms with Gasteiger partial charge in [0.05, 0.1) is 11.4 Å². The van der Waals surface area contributed by atoms with Crippen LogP contribution in [0.3, 0.4) is 0 Å². The highest BCUT2D eigenvalue weighted by Gasteiger charge is 2.15. The Hall–Kier alpha value is -1.56. The van der Waals surface area contributed by atoms with Crippen LogP contribution in [0, 0.1) is 18.6 Å². The Morgan fingerprint density at radius 1 is 1.39 bits per heavy atom. The average Bonchev–Trinajstić information content (AvgIpc) is 2.60. The summed E-state index contributed by atoms with van der Waals surface area (Å²) in [7, 11) is 0. The van der Waals surface area contributed by atoms with Gasteiger partial charge in [-0.3, -0.25) is 4.68 Å². The molecule has 96 valence electrons. The van der Waals surface area contributed by atoms with Gasteiger partial charge in [-0.05, 0) is 26.0 Å². The standard InChI is InChI=1S/C12H13F2N3S/c1-3-17-12(11(15)7(2)16-17)18-10-5-4-8(13)6-9(10)14/h4-6H,3,15H2,1-2H3. The monoisotopic (exact) mass is 269 g/mol. The largest absolute Gasteiger partial charge is 0.395 e. The number of hydrogen-bond donors (Lipinski definition) is 1. The van der Waals surface area contributed by atoms with Gasteiger partial charge in [0.2, 0.25) is 0 Å². The van der Waals surface area contributed by atoms with Crippen molar-refractivity contribution in [3.8, 4) is 0 Å². The van der Waals surface area contributed by atoms with Crippen LogP contribution in [-0.4, -0.2) is 9.78 Å². The lowest BCUT2D eigenvalue weighted by Gasteiger charge is -2.06. The first kappa shape index (κ1) is 12.9. The summed E-state index contributed by atoms with van der Waals surface area (Å²) in [5.74, 6) is -1.19. The molecule has 0 saturated heterocycles. The first-order chi connectivity index (χ1) is 8.52. The second kappa shape index (κ2) is 4.97. The summed E-state index contributed by atoms with van der Waals surface area (Å²) < 4.78 is 28.1. The van der Waals surface area contributed by atoms with E-state index in [0.717, 1.165) is 17.8 Å². The van der Waals surface area contributed by atoms with Gasteiger partial charge in [-0.1, -0.05) is 11.8 Å². The first-order valence-electron chi connectivity index (χ1n) is 5.48. The summed E-state index contributed by atoms with van der Waals surface area (Å²) in [6, 6.07) is 3.48. The minimum absolute atomic E-state index is 0.331. The molecule has 0 saturated carbocycles. The number of nitrogen functional groups attached to an aromatic ring is 1. The molecule has 2 rings (SSSR count). The number of aromatic nitrogens is 2. The highest BCUT2D eigenvalue weighted by atomic mass is 32.2. The predicted molar refractivity (Wildman–Crippen MR) is 67.5 cm³/mol. The van der Waals surface area contributed by atoms with Crippen molar-refractivity contribution in [2.75, 3.05) is 5.73 Å². The number of nitrogens with two attached hydrogens (primary N) is 1. The highest BCUT2D eigenvalue weighted by molar-refractivity contribution is 7.99. The maximum Gasteiger partial charge on any atom is 0.140 e. The van der Waals surface area contributed by atoms with Crippen LogP contribution in [0.5, 0.6) is 0 Å². The van der Waals surface area contributed by atoms with Gasteiger partial charge in [-0.15, -0.1) is 0 Å². The normalized spacial score (nSPS) is 10.9. The number of hydrogen-bond acceptors (Lipinski definition) is 3. The van der Waals surface area contributed by atoms with E-state index < -0.39 is 11.6 Å². The number of halogens is 2. The molecular weight excluding hydrogens is 256 g/mol. The minimum atomic E-state index is -0.596. The minimum Gasteiger partial charge on any atom is -0.395 e. The molecule has 3 nitrogen and oxygen atoms in total. The molecule has 2 N–H and O–H groups in total. The van der Waals surface area contributed by atoms with Crippen LogP contribution in [0.15, 0.2) is 28.1 Å². The molecular formula is C12H13F2N3S. The van der Waals surface area contributed by atoms with Crippen molar-refractivity contribution in [3.63, 3.8) is 0 Å². The van der Waals surface area contributed by atoms with E-state index in [1.807, 2.05) is 6.92 Å². The Morgan fingerprint density at radius 3 is 2.72 bits per heavy atom. The number of benzene rings is 1. The van der Waals surface area contributed by atoms with Crippen LogP contribution in [0.25, 0.3) is 0 Å². The Kier molecular flexibility index (Phi) is 3.56. The van der Waals surface area contributed by atoms with Crippen molar-refractivity contribution in [1.82, 2.24) is 9.78 Å². The van der Waals surface area contributed by atoms with E-state index in [4.69, 9.17) is 5.73 Å². The summed E-state index contributed by atoms with van der Waals surface area (Å²) in [5, 5.41) is 4.93.